The normalized spacial score (nSPS) is 25.5. The van der Waals surface area contributed by atoms with Crippen molar-refractivity contribution in [3.05, 3.63) is 72.2 Å². The second-order valence-electron chi connectivity index (χ2n) is 8.98. The van der Waals surface area contributed by atoms with E-state index in [0.29, 0.717) is 17.3 Å². The summed E-state index contributed by atoms with van der Waals surface area (Å²) in [7, 11) is 0. The molecule has 4 unspecified atom stereocenters. The van der Waals surface area contributed by atoms with Crippen LogP contribution in [0.15, 0.2) is 61.1 Å². The lowest BCUT2D eigenvalue weighted by atomic mass is 9.83. The molecule has 0 amide bonds. The van der Waals surface area contributed by atoms with Crippen molar-refractivity contribution in [3.8, 4) is 0 Å². The summed E-state index contributed by atoms with van der Waals surface area (Å²) < 4.78 is 59.1. The third-order valence-corrected chi connectivity index (χ3v) is 6.49. The average Bonchev–Trinajstić information content (AvgIpc) is 3.36. The zero-order valence-electron chi connectivity index (χ0n) is 17.9. The third-order valence-electron chi connectivity index (χ3n) is 6.49. The van der Waals surface area contributed by atoms with Crippen molar-refractivity contribution in [1.29, 1.82) is 0 Å². The minimum atomic E-state index is -4.99. The summed E-state index contributed by atoms with van der Waals surface area (Å²) in [6, 6.07) is 6.86. The maximum absolute atomic E-state index is 14.4. The fourth-order valence-corrected chi connectivity index (χ4v) is 4.87. The van der Waals surface area contributed by atoms with Gasteiger partial charge in [-0.3, -0.25) is 4.68 Å². The number of hydrogen-bond acceptors (Lipinski definition) is 3. The molecule has 1 aromatic carbocycles. The Morgan fingerprint density at radius 3 is 2.76 bits per heavy atom. The quantitative estimate of drug-likeness (QED) is 0.311. The number of nitrogens with zero attached hydrogens (tertiary/aromatic N) is 3. The molecule has 9 heteroatoms. The Bertz CT molecular complexity index is 1370. The van der Waals surface area contributed by atoms with Gasteiger partial charge in [-0.25, -0.2) is 9.37 Å². The number of fused-ring (bicyclic) bond motifs is 2. The minimum Gasteiger partial charge on any atom is -0.372 e. The summed E-state index contributed by atoms with van der Waals surface area (Å²) in [5.41, 5.74) is -4.44. The van der Waals surface area contributed by atoms with Gasteiger partial charge in [0, 0.05) is 28.7 Å². The maximum atomic E-state index is 14.4. The maximum Gasteiger partial charge on any atom is 0.425 e. The number of hydrogen-bond donors (Lipinski definition) is 2. The summed E-state index contributed by atoms with van der Waals surface area (Å²) in [6.45, 7) is 3.43. The highest BCUT2D eigenvalue weighted by molar-refractivity contribution is 5.83. The smallest absolute Gasteiger partial charge is 0.372 e. The SMILES string of the molecule is CC1CC(C)(F)C=CC1n1ncc2cc(C(O)(c3c[nH]c4ncccc34)C(F)(F)F)ccc21. The van der Waals surface area contributed by atoms with Gasteiger partial charge in [-0.2, -0.15) is 18.3 Å². The lowest BCUT2D eigenvalue weighted by molar-refractivity contribution is -0.247. The first-order valence-corrected chi connectivity index (χ1v) is 10.6. The van der Waals surface area contributed by atoms with Gasteiger partial charge in [0.2, 0.25) is 5.60 Å². The van der Waals surface area contributed by atoms with Crippen molar-refractivity contribution in [2.24, 2.45) is 5.92 Å². The van der Waals surface area contributed by atoms with Crippen molar-refractivity contribution < 1.29 is 22.7 Å². The van der Waals surface area contributed by atoms with E-state index >= 15 is 0 Å². The van der Waals surface area contributed by atoms with Crippen LogP contribution in [0, 0.1) is 5.92 Å². The summed E-state index contributed by atoms with van der Waals surface area (Å²) in [5.74, 6) is -0.0568. The van der Waals surface area contributed by atoms with Crippen LogP contribution in [0.1, 0.15) is 37.4 Å². The number of aliphatic hydroxyl groups is 1. The van der Waals surface area contributed by atoms with Crippen LogP contribution >= 0.6 is 0 Å². The van der Waals surface area contributed by atoms with Crippen LogP contribution in [-0.2, 0) is 5.60 Å². The largest absolute Gasteiger partial charge is 0.425 e. The second kappa shape index (κ2) is 7.15. The van der Waals surface area contributed by atoms with Crippen molar-refractivity contribution in [2.75, 3.05) is 0 Å². The van der Waals surface area contributed by atoms with E-state index in [9.17, 15) is 22.7 Å². The average molecular weight is 458 g/mol. The number of alkyl halides is 4. The Kier molecular flexibility index (Phi) is 4.69. The molecule has 172 valence electrons. The number of benzene rings is 1. The van der Waals surface area contributed by atoms with E-state index in [4.69, 9.17) is 0 Å². The highest BCUT2D eigenvalue weighted by atomic mass is 19.4. The highest BCUT2D eigenvalue weighted by Gasteiger charge is 2.57. The minimum absolute atomic E-state index is 0.0568. The van der Waals surface area contributed by atoms with E-state index in [0.717, 1.165) is 6.20 Å². The summed E-state index contributed by atoms with van der Waals surface area (Å²) >= 11 is 0. The zero-order chi connectivity index (χ0) is 23.6. The van der Waals surface area contributed by atoms with Gasteiger partial charge in [-0.1, -0.05) is 19.1 Å². The predicted molar refractivity (Wildman–Crippen MR) is 116 cm³/mol. The number of pyridine rings is 1. The van der Waals surface area contributed by atoms with E-state index in [1.54, 1.807) is 10.8 Å². The summed E-state index contributed by atoms with van der Waals surface area (Å²) in [5, 5.41) is 16.1. The number of allylic oxidation sites excluding steroid dienone is 2. The van der Waals surface area contributed by atoms with E-state index in [1.807, 2.05) is 6.92 Å². The molecule has 5 rings (SSSR count). The number of aromatic nitrogens is 4. The first-order valence-electron chi connectivity index (χ1n) is 10.6. The van der Waals surface area contributed by atoms with Crippen LogP contribution in [0.25, 0.3) is 21.9 Å². The van der Waals surface area contributed by atoms with Gasteiger partial charge >= 0.3 is 6.18 Å². The van der Waals surface area contributed by atoms with Crippen LogP contribution < -0.4 is 0 Å². The van der Waals surface area contributed by atoms with Crippen LogP contribution in [0.2, 0.25) is 0 Å². The topological polar surface area (TPSA) is 66.7 Å². The van der Waals surface area contributed by atoms with Gasteiger partial charge < -0.3 is 10.1 Å². The number of aromatic amines is 1. The van der Waals surface area contributed by atoms with Crippen LogP contribution in [0.3, 0.4) is 0 Å². The molecule has 0 fully saturated rings. The molecule has 0 bridgehead atoms. The molecule has 0 aliphatic heterocycles. The standard InChI is InChI=1S/C24H22F4N4O/c1-14-11-22(2,25)8-7-19(14)32-20-6-5-16(10-15(20)12-31-32)23(33,24(26,27)28)18-13-30-21-17(18)4-3-9-29-21/h3-10,12-14,19,33H,11H2,1-2H3,(H,29,30). The number of H-pyrrole nitrogens is 1. The Morgan fingerprint density at radius 2 is 2.03 bits per heavy atom. The fraction of sp³-hybridized carbons (Fsp3) is 0.333. The van der Waals surface area contributed by atoms with Crippen LogP contribution in [0.5, 0.6) is 0 Å². The van der Waals surface area contributed by atoms with E-state index in [-0.39, 0.29) is 34.1 Å². The lowest BCUT2D eigenvalue weighted by Gasteiger charge is -2.32. The van der Waals surface area contributed by atoms with Crippen molar-refractivity contribution >= 4 is 21.9 Å². The molecular weight excluding hydrogens is 436 g/mol. The first kappa shape index (κ1) is 21.6. The Hall–Kier alpha value is -3.20. The molecule has 3 aromatic heterocycles. The molecule has 0 saturated carbocycles. The van der Waals surface area contributed by atoms with Crippen molar-refractivity contribution in [3.63, 3.8) is 0 Å². The van der Waals surface area contributed by atoms with E-state index in [2.05, 4.69) is 15.1 Å². The molecule has 4 aromatic rings. The molecule has 1 aliphatic rings. The third kappa shape index (κ3) is 3.33. The van der Waals surface area contributed by atoms with Gasteiger partial charge in [0.05, 0.1) is 17.8 Å². The molecule has 33 heavy (non-hydrogen) atoms. The predicted octanol–water partition coefficient (Wildman–Crippen LogP) is 5.58. The molecule has 0 saturated heterocycles. The van der Waals surface area contributed by atoms with Crippen molar-refractivity contribution in [2.45, 2.75) is 43.8 Å². The van der Waals surface area contributed by atoms with Gasteiger partial charge in [0.25, 0.3) is 0 Å². The summed E-state index contributed by atoms with van der Waals surface area (Å²) in [4.78, 5) is 6.74. The van der Waals surface area contributed by atoms with Gasteiger partial charge in [-0.05, 0) is 55.2 Å². The molecular formula is C24H22F4N4O. The second-order valence-corrected chi connectivity index (χ2v) is 8.98. The number of nitrogens with one attached hydrogen (secondary N) is 1. The van der Waals surface area contributed by atoms with Crippen LogP contribution in [-0.4, -0.2) is 36.7 Å². The lowest BCUT2D eigenvalue weighted by Crippen LogP contribution is -2.43. The van der Waals surface area contributed by atoms with E-state index < -0.39 is 17.4 Å². The van der Waals surface area contributed by atoms with Crippen molar-refractivity contribution in [1.82, 2.24) is 19.7 Å². The molecule has 3 heterocycles. The Morgan fingerprint density at radius 1 is 1.24 bits per heavy atom. The van der Waals surface area contributed by atoms with E-state index in [1.165, 1.54) is 55.7 Å². The molecule has 1 aliphatic carbocycles. The fourth-order valence-electron chi connectivity index (χ4n) is 4.87. The summed E-state index contributed by atoms with van der Waals surface area (Å²) in [6.07, 6.45) is 2.65. The molecule has 0 radical (unpaired) electrons. The molecule has 5 nitrogen and oxygen atoms in total. The van der Waals surface area contributed by atoms with Gasteiger partial charge in [0.1, 0.15) is 11.3 Å². The number of rotatable bonds is 3. The zero-order valence-corrected chi connectivity index (χ0v) is 17.9. The molecule has 4 atom stereocenters. The van der Waals surface area contributed by atoms with Gasteiger partial charge in [-0.15, -0.1) is 0 Å². The highest BCUT2D eigenvalue weighted by Crippen LogP contribution is 2.47. The van der Waals surface area contributed by atoms with Gasteiger partial charge in [0.15, 0.2) is 0 Å². The van der Waals surface area contributed by atoms with Crippen LogP contribution in [0.4, 0.5) is 17.6 Å². The Labute approximate surface area is 186 Å². The first-order chi connectivity index (χ1) is 15.5. The monoisotopic (exact) mass is 458 g/mol. The Balaban J connectivity index is 1.63. The number of halogens is 4. The molecule has 0 spiro atoms. The molecule has 2 N–H and O–H groups in total.